The summed E-state index contributed by atoms with van der Waals surface area (Å²) < 4.78 is 12.0. The molecular formula is C24H30N2O5. The van der Waals surface area contributed by atoms with E-state index in [2.05, 4.69) is 17.9 Å². The SMILES string of the molecule is CC[C@H]1[C@@H]2C[C@@H]3N([C@H]4C[C@]5(c6ccccc6N(C)[C@]35O)[C@H](OC(C)=O)[C@@H]24)[C@H]1OC(C)=O. The van der Waals surface area contributed by atoms with Gasteiger partial charge in [0.05, 0.1) is 11.5 Å². The maximum absolute atomic E-state index is 12.6. The van der Waals surface area contributed by atoms with Crippen LogP contribution in [0.15, 0.2) is 24.3 Å². The molecule has 7 nitrogen and oxygen atoms in total. The van der Waals surface area contributed by atoms with E-state index >= 15 is 0 Å². The summed E-state index contributed by atoms with van der Waals surface area (Å²) in [7, 11) is 1.94. The minimum Gasteiger partial charge on any atom is -0.461 e. The fraction of sp³-hybridized carbons (Fsp3) is 0.667. The van der Waals surface area contributed by atoms with E-state index in [1.807, 2.05) is 30.1 Å². The van der Waals surface area contributed by atoms with E-state index in [0.29, 0.717) is 6.42 Å². The van der Waals surface area contributed by atoms with Crippen molar-refractivity contribution in [2.45, 2.75) is 75.6 Å². The Kier molecular flexibility index (Phi) is 3.79. The van der Waals surface area contributed by atoms with Gasteiger partial charge in [0.2, 0.25) is 0 Å². The van der Waals surface area contributed by atoms with Gasteiger partial charge in [0.25, 0.3) is 0 Å². The molecule has 1 aliphatic carbocycles. The van der Waals surface area contributed by atoms with Crippen LogP contribution in [0.4, 0.5) is 5.69 Å². The van der Waals surface area contributed by atoms with Crippen molar-refractivity contribution < 1.29 is 24.2 Å². The van der Waals surface area contributed by atoms with Crippen LogP contribution >= 0.6 is 0 Å². The first-order chi connectivity index (χ1) is 14.8. The Balaban J connectivity index is 1.60. The number of anilines is 1. The Morgan fingerprint density at radius 1 is 1.19 bits per heavy atom. The fourth-order valence-corrected chi connectivity index (χ4v) is 8.47. The van der Waals surface area contributed by atoms with E-state index in [4.69, 9.17) is 9.47 Å². The number of para-hydroxylation sites is 1. The number of piperidine rings is 4. The van der Waals surface area contributed by atoms with Gasteiger partial charge in [-0.3, -0.25) is 14.5 Å². The number of benzene rings is 1. The predicted molar refractivity (Wildman–Crippen MR) is 112 cm³/mol. The van der Waals surface area contributed by atoms with E-state index in [9.17, 15) is 14.7 Å². The Labute approximate surface area is 182 Å². The summed E-state index contributed by atoms with van der Waals surface area (Å²) in [4.78, 5) is 28.6. The fourth-order valence-electron chi connectivity index (χ4n) is 8.47. The minimum atomic E-state index is -1.24. The number of carbonyl (C=O) groups excluding carboxylic acids is 2. The number of aliphatic hydroxyl groups is 1. The van der Waals surface area contributed by atoms with Gasteiger partial charge >= 0.3 is 11.9 Å². The first-order valence-electron chi connectivity index (χ1n) is 11.4. The molecule has 1 unspecified atom stereocenters. The molecule has 5 bridgehead atoms. The Morgan fingerprint density at radius 2 is 1.90 bits per heavy atom. The van der Waals surface area contributed by atoms with Gasteiger partial charge in [-0.2, -0.15) is 0 Å². The van der Waals surface area contributed by atoms with Crippen molar-refractivity contribution in [2.75, 3.05) is 11.9 Å². The molecule has 4 saturated heterocycles. The van der Waals surface area contributed by atoms with Crippen molar-refractivity contribution in [1.82, 2.24) is 4.90 Å². The highest BCUT2D eigenvalue weighted by atomic mass is 16.6. The van der Waals surface area contributed by atoms with Crippen LogP contribution in [0.5, 0.6) is 0 Å². The second-order valence-electron chi connectivity index (χ2n) is 10.1. The Morgan fingerprint density at radius 3 is 2.58 bits per heavy atom. The van der Waals surface area contributed by atoms with E-state index in [0.717, 1.165) is 24.1 Å². The number of hydrogen-bond donors (Lipinski definition) is 1. The number of hydrogen-bond acceptors (Lipinski definition) is 7. The zero-order valence-electron chi connectivity index (χ0n) is 18.4. The molecule has 1 aromatic rings. The highest BCUT2D eigenvalue weighted by Crippen LogP contribution is 2.72. The lowest BCUT2D eigenvalue weighted by atomic mass is 9.61. The molecular weight excluding hydrogens is 396 g/mol. The van der Waals surface area contributed by atoms with Crippen LogP contribution in [0.2, 0.25) is 0 Å². The minimum absolute atomic E-state index is 0.111. The largest absolute Gasteiger partial charge is 0.461 e. The van der Waals surface area contributed by atoms with Crippen LogP contribution < -0.4 is 4.90 Å². The van der Waals surface area contributed by atoms with Crippen molar-refractivity contribution in [3.8, 4) is 0 Å². The molecule has 1 saturated carbocycles. The molecule has 1 N–H and O–H groups in total. The lowest BCUT2D eigenvalue weighted by molar-refractivity contribution is -0.257. The molecule has 6 aliphatic rings. The molecule has 1 spiro atoms. The molecule has 0 radical (unpaired) electrons. The van der Waals surface area contributed by atoms with Crippen LogP contribution in [-0.4, -0.2) is 59.1 Å². The molecule has 7 rings (SSSR count). The predicted octanol–water partition coefficient (Wildman–Crippen LogP) is 2.02. The molecule has 1 aromatic carbocycles. The monoisotopic (exact) mass is 426 g/mol. The first kappa shape index (κ1) is 19.6. The van der Waals surface area contributed by atoms with Crippen LogP contribution in [0.1, 0.15) is 45.6 Å². The van der Waals surface area contributed by atoms with Gasteiger partial charge in [-0.1, -0.05) is 25.1 Å². The molecule has 0 amide bonds. The number of esters is 2. The third-order valence-corrected chi connectivity index (χ3v) is 9.18. The number of likely N-dealkylation sites (N-methyl/N-ethyl adjacent to an activating group) is 1. The van der Waals surface area contributed by atoms with Crippen LogP contribution in [0, 0.1) is 17.8 Å². The number of carbonyl (C=O) groups is 2. The third kappa shape index (κ3) is 1.99. The topological polar surface area (TPSA) is 79.3 Å². The van der Waals surface area contributed by atoms with Crippen molar-refractivity contribution in [3.63, 3.8) is 0 Å². The zero-order valence-corrected chi connectivity index (χ0v) is 18.4. The van der Waals surface area contributed by atoms with Gasteiger partial charge in [-0.25, -0.2) is 0 Å². The van der Waals surface area contributed by atoms with E-state index < -0.39 is 17.2 Å². The summed E-state index contributed by atoms with van der Waals surface area (Å²) in [6, 6.07) is 8.04. The third-order valence-electron chi connectivity index (χ3n) is 9.18. The van der Waals surface area contributed by atoms with Crippen molar-refractivity contribution >= 4 is 17.6 Å². The molecule has 5 aliphatic heterocycles. The Bertz CT molecular complexity index is 982. The quantitative estimate of drug-likeness (QED) is 0.741. The summed E-state index contributed by atoms with van der Waals surface area (Å²) in [6.07, 6.45) is 1.63. The number of fused-ring (bicyclic) bond motifs is 2. The number of rotatable bonds is 3. The smallest absolute Gasteiger partial charge is 0.304 e. The maximum Gasteiger partial charge on any atom is 0.304 e. The second kappa shape index (κ2) is 6.01. The molecule has 166 valence electrons. The molecule has 0 aromatic heterocycles. The number of ether oxygens (including phenoxy) is 2. The second-order valence-corrected chi connectivity index (χ2v) is 10.1. The molecule has 5 fully saturated rings. The maximum atomic E-state index is 12.6. The summed E-state index contributed by atoms with van der Waals surface area (Å²) in [5, 5.41) is 12.6. The first-order valence-corrected chi connectivity index (χ1v) is 11.4. The van der Waals surface area contributed by atoms with Gasteiger partial charge in [-0.15, -0.1) is 0 Å². The average Bonchev–Trinajstić information content (AvgIpc) is 3.12. The Hall–Kier alpha value is -2.12. The van der Waals surface area contributed by atoms with Gasteiger partial charge in [-0.05, 0) is 36.8 Å². The van der Waals surface area contributed by atoms with Gasteiger partial charge < -0.3 is 19.5 Å². The normalized spacial score (nSPS) is 47.8. The lowest BCUT2D eigenvalue weighted by Crippen LogP contribution is -2.78. The highest BCUT2D eigenvalue weighted by Gasteiger charge is 2.83. The van der Waals surface area contributed by atoms with E-state index in [1.54, 1.807) is 0 Å². The van der Waals surface area contributed by atoms with Gasteiger partial charge in [0.15, 0.2) is 12.0 Å². The van der Waals surface area contributed by atoms with Crippen molar-refractivity contribution in [1.29, 1.82) is 0 Å². The van der Waals surface area contributed by atoms with E-state index in [-0.39, 0.29) is 48.0 Å². The van der Waals surface area contributed by atoms with Gasteiger partial charge in [0, 0.05) is 44.5 Å². The summed E-state index contributed by atoms with van der Waals surface area (Å²) >= 11 is 0. The zero-order chi connectivity index (χ0) is 21.9. The van der Waals surface area contributed by atoms with Crippen LogP contribution in [0.25, 0.3) is 0 Å². The molecule has 5 heterocycles. The summed E-state index contributed by atoms with van der Waals surface area (Å²) in [6.45, 7) is 5.06. The van der Waals surface area contributed by atoms with E-state index in [1.165, 1.54) is 13.8 Å². The summed E-state index contributed by atoms with van der Waals surface area (Å²) in [5.41, 5.74) is 0.138. The van der Waals surface area contributed by atoms with Crippen molar-refractivity contribution in [2.24, 2.45) is 17.8 Å². The highest BCUT2D eigenvalue weighted by molar-refractivity contribution is 5.71. The van der Waals surface area contributed by atoms with Crippen LogP contribution in [-0.2, 0) is 24.5 Å². The van der Waals surface area contributed by atoms with Gasteiger partial charge in [0.1, 0.15) is 6.10 Å². The molecule has 7 heteroatoms. The lowest BCUT2D eigenvalue weighted by Gasteiger charge is -2.65. The molecule has 10 atom stereocenters. The number of nitrogens with zero attached hydrogens (tertiary/aromatic N) is 2. The standard InChI is InChI=1S/C24H30N2O5/c1-5-14-15-10-19-24(29)23(16-8-6-7-9-17(16)25(24)4)11-18(20(15)21(23)30-12(2)27)26(19)22(14)31-13(3)28/h6-9,14-15,18-22,29H,5,10-11H2,1-4H3/t14-,15-,18-,19-,20-,21+,22-,23-,24-/m0/s1. The molecule has 31 heavy (non-hydrogen) atoms. The average molecular weight is 427 g/mol. The van der Waals surface area contributed by atoms with Crippen LogP contribution in [0.3, 0.4) is 0 Å². The summed E-state index contributed by atoms with van der Waals surface area (Å²) in [5.74, 6) is -0.0840. The van der Waals surface area contributed by atoms with Crippen molar-refractivity contribution in [3.05, 3.63) is 29.8 Å².